The Hall–Kier alpha value is -2.86. The molecule has 0 fully saturated rings. The molecule has 0 radical (unpaired) electrons. The fourth-order valence-corrected chi connectivity index (χ4v) is 2.13. The van der Waals surface area contributed by atoms with Gasteiger partial charge in [0.1, 0.15) is 11.5 Å². The van der Waals surface area contributed by atoms with Crippen LogP contribution in [-0.2, 0) is 5.79 Å². The molecule has 0 saturated carbocycles. The number of hydrogen-bond donors (Lipinski definition) is 2. The fourth-order valence-electron chi connectivity index (χ4n) is 2.13. The highest BCUT2D eigenvalue weighted by Crippen LogP contribution is 2.37. The molecule has 2 N–H and O–H groups in total. The average molecular weight is 285 g/mol. The number of hydrogen-bond acceptors (Lipinski definition) is 5. The second-order valence-electron chi connectivity index (χ2n) is 4.66. The van der Waals surface area contributed by atoms with E-state index in [1.807, 2.05) is 0 Å². The van der Waals surface area contributed by atoms with Gasteiger partial charge in [0.05, 0.1) is 4.92 Å². The number of benzene rings is 2. The van der Waals surface area contributed by atoms with Crippen LogP contribution < -0.4 is 4.74 Å². The molecule has 3 rings (SSSR count). The zero-order valence-electron chi connectivity index (χ0n) is 10.8. The van der Waals surface area contributed by atoms with Gasteiger partial charge in [0.15, 0.2) is 0 Å². The molecule has 1 unspecified atom stereocenters. The SMILES string of the molecule is O=[N+]([O-])c1ccc2c(c1)C=CC(O)(c1ccc(O)cc1)O2. The number of fused-ring (bicyclic) bond motifs is 1. The zero-order chi connectivity index (χ0) is 15.0. The van der Waals surface area contributed by atoms with E-state index in [1.54, 1.807) is 6.08 Å². The molecular formula is C15H11NO5. The Labute approximate surface area is 119 Å². The van der Waals surface area contributed by atoms with E-state index >= 15 is 0 Å². The molecule has 21 heavy (non-hydrogen) atoms. The quantitative estimate of drug-likeness (QED) is 0.653. The van der Waals surface area contributed by atoms with Gasteiger partial charge in [0.25, 0.3) is 11.5 Å². The maximum Gasteiger partial charge on any atom is 0.270 e. The van der Waals surface area contributed by atoms with Crippen molar-refractivity contribution < 1.29 is 19.9 Å². The van der Waals surface area contributed by atoms with Crippen LogP contribution in [0.3, 0.4) is 0 Å². The van der Waals surface area contributed by atoms with Crippen molar-refractivity contribution in [3.8, 4) is 11.5 Å². The summed E-state index contributed by atoms with van der Waals surface area (Å²) in [6.45, 7) is 0. The van der Waals surface area contributed by atoms with E-state index in [0.717, 1.165) is 0 Å². The van der Waals surface area contributed by atoms with Crippen LogP contribution >= 0.6 is 0 Å². The van der Waals surface area contributed by atoms with Crippen LogP contribution in [0.5, 0.6) is 11.5 Å². The Balaban J connectivity index is 1.98. The number of aromatic hydroxyl groups is 1. The van der Waals surface area contributed by atoms with Gasteiger partial charge in [0.2, 0.25) is 0 Å². The zero-order valence-corrected chi connectivity index (χ0v) is 10.8. The smallest absolute Gasteiger partial charge is 0.270 e. The predicted molar refractivity (Wildman–Crippen MR) is 74.8 cm³/mol. The number of nitro groups is 1. The van der Waals surface area contributed by atoms with Crippen LogP contribution in [0.2, 0.25) is 0 Å². The van der Waals surface area contributed by atoms with Crippen LogP contribution in [0, 0.1) is 10.1 Å². The Morgan fingerprint density at radius 3 is 2.52 bits per heavy atom. The number of phenolic OH excluding ortho intramolecular Hbond substituents is 1. The monoisotopic (exact) mass is 285 g/mol. The van der Waals surface area contributed by atoms with Crippen molar-refractivity contribution in [2.45, 2.75) is 5.79 Å². The van der Waals surface area contributed by atoms with Gasteiger partial charge in [-0.2, -0.15) is 0 Å². The summed E-state index contributed by atoms with van der Waals surface area (Å²) in [5, 5.41) is 30.5. The number of nitro benzene ring substituents is 1. The van der Waals surface area contributed by atoms with Crippen LogP contribution in [0.1, 0.15) is 11.1 Å². The van der Waals surface area contributed by atoms with Gasteiger partial charge in [-0.15, -0.1) is 0 Å². The average Bonchev–Trinajstić information content (AvgIpc) is 2.47. The summed E-state index contributed by atoms with van der Waals surface area (Å²) in [7, 11) is 0. The van der Waals surface area contributed by atoms with E-state index in [2.05, 4.69) is 0 Å². The Kier molecular flexibility index (Phi) is 2.88. The largest absolute Gasteiger partial charge is 0.508 e. The number of ether oxygens (including phenoxy) is 1. The lowest BCUT2D eigenvalue weighted by atomic mass is 10.0. The maximum absolute atomic E-state index is 10.7. The molecule has 6 nitrogen and oxygen atoms in total. The molecule has 0 bridgehead atoms. The molecule has 1 aliphatic rings. The number of aliphatic hydroxyl groups is 1. The summed E-state index contributed by atoms with van der Waals surface area (Å²) in [4.78, 5) is 10.2. The second-order valence-corrected chi connectivity index (χ2v) is 4.66. The first-order valence-corrected chi connectivity index (χ1v) is 6.16. The third kappa shape index (κ3) is 2.32. The molecule has 1 aliphatic heterocycles. The maximum atomic E-state index is 10.7. The minimum Gasteiger partial charge on any atom is -0.508 e. The molecule has 0 saturated heterocycles. The first-order valence-electron chi connectivity index (χ1n) is 6.16. The first kappa shape index (κ1) is 13.1. The minimum atomic E-state index is -1.67. The standard InChI is InChI=1S/C15H11NO5/c17-13-4-1-11(2-5-13)15(18)8-7-10-9-12(16(19)20)3-6-14(10)21-15/h1-9,17-18H. The van der Waals surface area contributed by atoms with E-state index in [0.29, 0.717) is 16.9 Å². The highest BCUT2D eigenvalue weighted by atomic mass is 16.6. The summed E-state index contributed by atoms with van der Waals surface area (Å²) in [5.41, 5.74) is 0.922. The van der Waals surface area contributed by atoms with E-state index in [4.69, 9.17) is 4.74 Å². The number of nitrogens with zero attached hydrogens (tertiary/aromatic N) is 1. The van der Waals surface area contributed by atoms with Gasteiger partial charge in [-0.1, -0.05) is 0 Å². The molecule has 0 spiro atoms. The van der Waals surface area contributed by atoms with Gasteiger partial charge >= 0.3 is 0 Å². The number of rotatable bonds is 2. The number of non-ortho nitro benzene ring substituents is 1. The lowest BCUT2D eigenvalue weighted by Gasteiger charge is -2.30. The topological polar surface area (TPSA) is 92.8 Å². The van der Waals surface area contributed by atoms with Gasteiger partial charge < -0.3 is 14.9 Å². The van der Waals surface area contributed by atoms with Crippen molar-refractivity contribution in [1.82, 2.24) is 0 Å². The van der Waals surface area contributed by atoms with Crippen molar-refractivity contribution in [1.29, 1.82) is 0 Å². The molecule has 0 aromatic heterocycles. The van der Waals surface area contributed by atoms with Crippen molar-refractivity contribution in [3.05, 3.63) is 69.8 Å². The van der Waals surface area contributed by atoms with Crippen molar-refractivity contribution >= 4 is 11.8 Å². The summed E-state index contributed by atoms with van der Waals surface area (Å²) < 4.78 is 5.54. The molecule has 1 heterocycles. The number of phenols is 1. The van der Waals surface area contributed by atoms with E-state index < -0.39 is 10.7 Å². The molecule has 0 amide bonds. The predicted octanol–water partition coefficient (Wildman–Crippen LogP) is 2.55. The first-order chi connectivity index (χ1) is 9.98. The van der Waals surface area contributed by atoms with Crippen LogP contribution in [0.25, 0.3) is 6.08 Å². The molecule has 6 heteroatoms. The van der Waals surface area contributed by atoms with Crippen molar-refractivity contribution in [2.24, 2.45) is 0 Å². The summed E-state index contributed by atoms with van der Waals surface area (Å²) in [6, 6.07) is 10.1. The lowest BCUT2D eigenvalue weighted by molar-refractivity contribution is -0.384. The third-order valence-corrected chi connectivity index (χ3v) is 3.24. The van der Waals surface area contributed by atoms with Crippen molar-refractivity contribution in [2.75, 3.05) is 0 Å². The minimum absolute atomic E-state index is 0.0444. The summed E-state index contributed by atoms with van der Waals surface area (Å²) >= 11 is 0. The molecule has 2 aromatic rings. The van der Waals surface area contributed by atoms with Crippen LogP contribution in [0.4, 0.5) is 5.69 Å². The highest BCUT2D eigenvalue weighted by molar-refractivity contribution is 5.64. The fraction of sp³-hybridized carbons (Fsp3) is 0.0667. The van der Waals surface area contributed by atoms with Crippen molar-refractivity contribution in [3.63, 3.8) is 0 Å². The normalized spacial score (nSPS) is 19.7. The van der Waals surface area contributed by atoms with E-state index in [1.165, 1.54) is 48.5 Å². The van der Waals surface area contributed by atoms with Gasteiger partial charge in [-0.25, -0.2) is 0 Å². The van der Waals surface area contributed by atoms with Gasteiger partial charge in [0, 0.05) is 23.3 Å². The van der Waals surface area contributed by atoms with Gasteiger partial charge in [-0.3, -0.25) is 10.1 Å². The van der Waals surface area contributed by atoms with E-state index in [9.17, 15) is 20.3 Å². The van der Waals surface area contributed by atoms with Gasteiger partial charge in [-0.05, 0) is 42.5 Å². The molecule has 2 aromatic carbocycles. The summed E-state index contributed by atoms with van der Waals surface area (Å²) in [6.07, 6.45) is 2.98. The summed E-state index contributed by atoms with van der Waals surface area (Å²) in [5.74, 6) is -1.24. The third-order valence-electron chi connectivity index (χ3n) is 3.24. The highest BCUT2D eigenvalue weighted by Gasteiger charge is 2.32. The van der Waals surface area contributed by atoms with E-state index in [-0.39, 0.29) is 11.4 Å². The molecule has 106 valence electrons. The molecule has 1 atom stereocenters. The Bertz CT molecular complexity index is 738. The second kappa shape index (κ2) is 4.60. The lowest BCUT2D eigenvalue weighted by Crippen LogP contribution is -2.32. The molecule has 0 aliphatic carbocycles. The Morgan fingerprint density at radius 2 is 1.86 bits per heavy atom. The van der Waals surface area contributed by atoms with Crippen LogP contribution in [0.15, 0.2) is 48.5 Å². The van der Waals surface area contributed by atoms with Crippen LogP contribution in [-0.4, -0.2) is 15.1 Å². The molecular weight excluding hydrogens is 274 g/mol. The Morgan fingerprint density at radius 1 is 1.14 bits per heavy atom.